The summed E-state index contributed by atoms with van der Waals surface area (Å²) in [5, 5.41) is 12.1. The summed E-state index contributed by atoms with van der Waals surface area (Å²) in [7, 11) is 1.82. The molecule has 0 radical (unpaired) electrons. The maximum Gasteiger partial charge on any atom is 0.243 e. The van der Waals surface area contributed by atoms with Crippen LogP contribution in [0.2, 0.25) is 0 Å². The highest BCUT2D eigenvalue weighted by Crippen LogP contribution is 1.99. The molecule has 0 atom stereocenters. The van der Waals surface area contributed by atoms with Crippen LogP contribution in [0.25, 0.3) is 0 Å². The second-order valence-electron chi connectivity index (χ2n) is 2.56. The van der Waals surface area contributed by atoms with Crippen molar-refractivity contribution >= 4 is 5.91 Å². The topological polar surface area (TPSA) is 67.2 Å². The molecule has 5 heteroatoms. The molecule has 5 nitrogen and oxygen atoms in total. The number of nitrogens with zero attached hydrogens (tertiary/aromatic N) is 2. The number of hydrogen-bond donors (Lipinski definition) is 2. The molecule has 0 unspecified atom stereocenters. The average molecular weight is 169 g/mol. The number of hydrogen-bond acceptors (Lipinski definition) is 3. The molecule has 0 aliphatic heterocycles. The fraction of sp³-hybridized carbons (Fsp3) is 0.429. The molecule has 0 saturated carbocycles. The van der Waals surface area contributed by atoms with Crippen LogP contribution in [0.5, 0.6) is 0 Å². The van der Waals surface area contributed by atoms with E-state index in [9.17, 15) is 4.79 Å². The quantitative estimate of drug-likeness (QED) is 0.488. The predicted octanol–water partition coefficient (Wildman–Crippen LogP) is -0.142. The van der Waals surface area contributed by atoms with Gasteiger partial charge in [-0.2, -0.15) is 5.10 Å². The highest BCUT2D eigenvalue weighted by molar-refractivity contribution is 5.74. The van der Waals surface area contributed by atoms with Crippen molar-refractivity contribution in [3.63, 3.8) is 0 Å². The van der Waals surface area contributed by atoms with E-state index >= 15 is 0 Å². The van der Waals surface area contributed by atoms with Crippen LogP contribution in [-0.2, 0) is 18.3 Å². The number of aryl methyl sites for hydroxylation is 2. The van der Waals surface area contributed by atoms with E-state index in [4.69, 9.17) is 5.21 Å². The van der Waals surface area contributed by atoms with Gasteiger partial charge in [-0.05, 0) is 12.0 Å². The highest BCUT2D eigenvalue weighted by Gasteiger charge is 2.01. The second kappa shape index (κ2) is 3.87. The lowest BCUT2D eigenvalue weighted by Gasteiger charge is -1.94. The van der Waals surface area contributed by atoms with Crippen LogP contribution in [0.4, 0.5) is 0 Å². The fourth-order valence-corrected chi connectivity index (χ4v) is 0.915. The number of hydroxylamine groups is 1. The molecule has 66 valence electrons. The number of carbonyl (C=O) groups excluding carboxylic acids is 1. The van der Waals surface area contributed by atoms with Crippen molar-refractivity contribution in [1.29, 1.82) is 0 Å². The number of amides is 1. The molecular formula is C7H11N3O2. The summed E-state index contributed by atoms with van der Waals surface area (Å²) in [4.78, 5) is 10.6. The first kappa shape index (κ1) is 8.73. The van der Waals surface area contributed by atoms with Crippen LogP contribution >= 0.6 is 0 Å². The van der Waals surface area contributed by atoms with Crippen molar-refractivity contribution < 1.29 is 10.0 Å². The SMILES string of the molecule is Cn1cc(CCC(=O)NO)cn1. The van der Waals surface area contributed by atoms with E-state index in [2.05, 4.69) is 5.10 Å². The maximum atomic E-state index is 10.6. The first-order valence-electron chi connectivity index (χ1n) is 3.63. The molecule has 0 aromatic carbocycles. The Morgan fingerprint density at radius 3 is 3.08 bits per heavy atom. The van der Waals surface area contributed by atoms with Gasteiger partial charge < -0.3 is 0 Å². The molecule has 1 heterocycles. The number of carbonyl (C=O) groups is 1. The Kier molecular flexibility index (Phi) is 2.82. The Morgan fingerprint density at radius 1 is 1.83 bits per heavy atom. The van der Waals surface area contributed by atoms with Crippen LogP contribution in [-0.4, -0.2) is 20.9 Å². The minimum absolute atomic E-state index is 0.280. The van der Waals surface area contributed by atoms with Crippen molar-refractivity contribution in [3.8, 4) is 0 Å². The van der Waals surface area contributed by atoms with E-state index in [1.165, 1.54) is 0 Å². The summed E-state index contributed by atoms with van der Waals surface area (Å²) >= 11 is 0. The van der Waals surface area contributed by atoms with Gasteiger partial charge in [-0.15, -0.1) is 0 Å². The van der Waals surface area contributed by atoms with E-state index < -0.39 is 0 Å². The van der Waals surface area contributed by atoms with E-state index in [0.717, 1.165) is 5.56 Å². The van der Waals surface area contributed by atoms with Crippen LogP contribution in [0.15, 0.2) is 12.4 Å². The Hall–Kier alpha value is -1.36. The zero-order valence-electron chi connectivity index (χ0n) is 6.82. The van der Waals surface area contributed by atoms with Gasteiger partial charge in [-0.3, -0.25) is 14.7 Å². The standard InChI is InChI=1S/C7H11N3O2/c1-10-5-6(4-8-10)2-3-7(11)9-12/h4-5,12H,2-3H2,1H3,(H,9,11). The third-order valence-electron chi connectivity index (χ3n) is 1.52. The van der Waals surface area contributed by atoms with Crippen molar-refractivity contribution in [2.75, 3.05) is 0 Å². The molecule has 0 saturated heterocycles. The molecule has 1 aromatic rings. The molecule has 2 N–H and O–H groups in total. The second-order valence-corrected chi connectivity index (χ2v) is 2.56. The molecule has 0 aliphatic rings. The first-order valence-corrected chi connectivity index (χ1v) is 3.63. The van der Waals surface area contributed by atoms with Gasteiger partial charge >= 0.3 is 0 Å². The minimum Gasteiger partial charge on any atom is -0.289 e. The van der Waals surface area contributed by atoms with Gasteiger partial charge in [0.1, 0.15) is 0 Å². The minimum atomic E-state index is -0.376. The first-order chi connectivity index (χ1) is 5.72. The van der Waals surface area contributed by atoms with Crippen molar-refractivity contribution in [1.82, 2.24) is 15.3 Å². The lowest BCUT2D eigenvalue weighted by Crippen LogP contribution is -2.18. The number of aromatic nitrogens is 2. The van der Waals surface area contributed by atoms with Crippen LogP contribution in [0, 0.1) is 0 Å². The summed E-state index contributed by atoms with van der Waals surface area (Å²) < 4.78 is 1.67. The summed E-state index contributed by atoms with van der Waals surface area (Å²) in [6.45, 7) is 0. The van der Waals surface area contributed by atoms with Gasteiger partial charge in [0.25, 0.3) is 0 Å². The molecule has 0 spiro atoms. The van der Waals surface area contributed by atoms with Crippen molar-refractivity contribution in [3.05, 3.63) is 18.0 Å². The average Bonchev–Trinajstić information content (AvgIpc) is 2.47. The summed E-state index contributed by atoms with van der Waals surface area (Å²) in [6, 6.07) is 0. The molecule has 0 bridgehead atoms. The zero-order valence-corrected chi connectivity index (χ0v) is 6.82. The Morgan fingerprint density at radius 2 is 2.58 bits per heavy atom. The predicted molar refractivity (Wildman–Crippen MR) is 41.5 cm³/mol. The Bertz CT molecular complexity index is 269. The third-order valence-corrected chi connectivity index (χ3v) is 1.52. The number of nitrogens with one attached hydrogen (secondary N) is 1. The van der Waals surface area contributed by atoms with Crippen molar-refractivity contribution in [2.24, 2.45) is 7.05 Å². The van der Waals surface area contributed by atoms with Crippen LogP contribution in [0.3, 0.4) is 0 Å². The van der Waals surface area contributed by atoms with Gasteiger partial charge in [0.15, 0.2) is 0 Å². The fourth-order valence-electron chi connectivity index (χ4n) is 0.915. The molecule has 12 heavy (non-hydrogen) atoms. The largest absolute Gasteiger partial charge is 0.289 e. The maximum absolute atomic E-state index is 10.6. The summed E-state index contributed by atoms with van der Waals surface area (Å²) in [5.74, 6) is -0.376. The van der Waals surface area contributed by atoms with Gasteiger partial charge in [-0.25, -0.2) is 5.48 Å². The highest BCUT2D eigenvalue weighted by atomic mass is 16.5. The van der Waals surface area contributed by atoms with Crippen molar-refractivity contribution in [2.45, 2.75) is 12.8 Å². The van der Waals surface area contributed by atoms with E-state index in [0.29, 0.717) is 6.42 Å². The third kappa shape index (κ3) is 2.35. The zero-order chi connectivity index (χ0) is 8.97. The smallest absolute Gasteiger partial charge is 0.243 e. The number of rotatable bonds is 3. The Labute approximate surface area is 70.0 Å². The van der Waals surface area contributed by atoms with Crippen LogP contribution < -0.4 is 5.48 Å². The van der Waals surface area contributed by atoms with Crippen LogP contribution in [0.1, 0.15) is 12.0 Å². The van der Waals surface area contributed by atoms with Gasteiger partial charge in [0.05, 0.1) is 6.20 Å². The monoisotopic (exact) mass is 169 g/mol. The normalized spacial score (nSPS) is 9.83. The molecule has 1 rings (SSSR count). The van der Waals surface area contributed by atoms with E-state index in [1.54, 1.807) is 16.4 Å². The van der Waals surface area contributed by atoms with Gasteiger partial charge in [-0.1, -0.05) is 0 Å². The van der Waals surface area contributed by atoms with E-state index in [1.807, 2.05) is 13.2 Å². The Balaban J connectivity index is 2.38. The summed E-state index contributed by atoms with van der Waals surface area (Å²) in [5.41, 5.74) is 2.56. The van der Waals surface area contributed by atoms with E-state index in [-0.39, 0.29) is 12.3 Å². The van der Waals surface area contributed by atoms with Gasteiger partial charge in [0, 0.05) is 19.7 Å². The molecular weight excluding hydrogens is 158 g/mol. The lowest BCUT2D eigenvalue weighted by molar-refractivity contribution is -0.129. The molecule has 0 fully saturated rings. The molecule has 0 aliphatic carbocycles. The molecule has 1 aromatic heterocycles. The molecule has 1 amide bonds. The summed E-state index contributed by atoms with van der Waals surface area (Å²) in [6.07, 6.45) is 4.41. The van der Waals surface area contributed by atoms with Gasteiger partial charge in [0.2, 0.25) is 5.91 Å². The lowest BCUT2D eigenvalue weighted by atomic mass is 10.2.